The number of allylic oxidation sites excluding steroid dienone is 2. The van der Waals surface area contributed by atoms with E-state index < -0.39 is 0 Å². The van der Waals surface area contributed by atoms with Gasteiger partial charge in [-0.2, -0.15) is 0 Å². The topological polar surface area (TPSA) is 42.4 Å². The van der Waals surface area contributed by atoms with Gasteiger partial charge in [-0.05, 0) is 30.2 Å². The summed E-state index contributed by atoms with van der Waals surface area (Å²) in [6.45, 7) is 4.12. The molecule has 0 atom stereocenters. The highest BCUT2D eigenvalue weighted by Crippen LogP contribution is 2.41. The van der Waals surface area contributed by atoms with Crippen molar-refractivity contribution < 1.29 is 8.81 Å². The van der Waals surface area contributed by atoms with Gasteiger partial charge in [-0.15, -0.1) is 0 Å². The Kier molecular flexibility index (Phi) is 3.06. The lowest BCUT2D eigenvalue weighted by atomic mass is 9.94. The number of nitrogens with two attached hydrogens (primary N) is 1. The lowest BCUT2D eigenvalue weighted by molar-refractivity contribution is 0.591. The first kappa shape index (κ1) is 13.8. The Balaban J connectivity index is 1.89. The molecule has 0 radical (unpaired) electrons. The second-order valence-corrected chi connectivity index (χ2v) is 5.52. The summed E-state index contributed by atoms with van der Waals surface area (Å²) in [4.78, 5) is 0. The molecule has 0 unspecified atom stereocenters. The van der Waals surface area contributed by atoms with Crippen LogP contribution in [-0.4, -0.2) is 0 Å². The molecule has 3 nitrogen and oxygen atoms in total. The number of furan rings is 1. The van der Waals surface area contributed by atoms with Gasteiger partial charge in [0.1, 0.15) is 11.4 Å². The molecule has 1 heterocycles. The Morgan fingerprint density at radius 3 is 2.65 bits per heavy atom. The molecular weight excluding hydrogens is 291 g/mol. The summed E-state index contributed by atoms with van der Waals surface area (Å²) < 4.78 is 20.0. The van der Waals surface area contributed by atoms with Gasteiger partial charge < -0.3 is 4.42 Å². The number of fused-ring (bicyclic) bond motifs is 3. The SMILES string of the molecule is C=C1CC=C(N(N)c2ccccc2F)c2oc3ccccc3c21. The maximum absolute atomic E-state index is 14.1. The van der Waals surface area contributed by atoms with E-state index in [9.17, 15) is 4.39 Å². The minimum Gasteiger partial charge on any atom is -0.454 e. The van der Waals surface area contributed by atoms with Crippen LogP contribution in [0, 0.1) is 5.82 Å². The van der Waals surface area contributed by atoms with Crippen molar-refractivity contribution in [3.8, 4) is 0 Å². The van der Waals surface area contributed by atoms with E-state index in [0.717, 1.165) is 22.1 Å². The van der Waals surface area contributed by atoms with Crippen molar-refractivity contribution in [1.82, 2.24) is 0 Å². The molecule has 3 aromatic rings. The van der Waals surface area contributed by atoms with Crippen molar-refractivity contribution >= 4 is 27.9 Å². The van der Waals surface area contributed by atoms with Crippen molar-refractivity contribution in [1.29, 1.82) is 0 Å². The fourth-order valence-electron chi connectivity index (χ4n) is 2.98. The van der Waals surface area contributed by atoms with Gasteiger partial charge in [-0.25, -0.2) is 10.2 Å². The van der Waals surface area contributed by atoms with E-state index in [1.165, 1.54) is 11.1 Å². The van der Waals surface area contributed by atoms with Gasteiger partial charge >= 0.3 is 0 Å². The van der Waals surface area contributed by atoms with Crippen LogP contribution in [0.1, 0.15) is 17.7 Å². The molecule has 1 aromatic heterocycles. The number of para-hydroxylation sites is 2. The van der Waals surface area contributed by atoms with Crippen LogP contribution in [0.5, 0.6) is 0 Å². The minimum absolute atomic E-state index is 0.303. The molecule has 1 aliphatic rings. The largest absolute Gasteiger partial charge is 0.454 e. The average Bonchev–Trinajstić information content (AvgIpc) is 2.95. The van der Waals surface area contributed by atoms with Crippen LogP contribution in [0.4, 0.5) is 10.1 Å². The van der Waals surface area contributed by atoms with Crippen molar-refractivity contribution in [2.75, 3.05) is 5.01 Å². The molecule has 0 bridgehead atoms. The Hall–Kier alpha value is -2.85. The molecule has 2 N–H and O–H groups in total. The quantitative estimate of drug-likeness (QED) is 0.551. The second kappa shape index (κ2) is 5.11. The molecular formula is C19H15FN2O. The Bertz CT molecular complexity index is 955. The first-order chi connectivity index (χ1) is 11.2. The second-order valence-electron chi connectivity index (χ2n) is 5.52. The molecule has 0 saturated carbocycles. The van der Waals surface area contributed by atoms with Gasteiger partial charge in [0.05, 0.1) is 11.4 Å². The van der Waals surface area contributed by atoms with Gasteiger partial charge in [-0.3, -0.25) is 5.01 Å². The number of rotatable bonds is 2. The van der Waals surface area contributed by atoms with E-state index in [1.54, 1.807) is 18.2 Å². The highest BCUT2D eigenvalue weighted by atomic mass is 19.1. The maximum atomic E-state index is 14.1. The molecule has 2 aromatic carbocycles. The van der Waals surface area contributed by atoms with Crippen LogP contribution in [0.2, 0.25) is 0 Å². The standard InChI is InChI=1S/C19H15FN2O/c1-12-10-11-16(22(21)15-8-4-3-7-14(15)20)19-18(12)13-6-2-5-9-17(13)23-19/h2-9,11H,1,10,21H2. The Morgan fingerprint density at radius 2 is 1.83 bits per heavy atom. The van der Waals surface area contributed by atoms with Crippen molar-refractivity contribution in [3.63, 3.8) is 0 Å². The number of anilines is 1. The molecule has 114 valence electrons. The van der Waals surface area contributed by atoms with Crippen LogP contribution >= 0.6 is 0 Å². The summed E-state index contributed by atoms with van der Waals surface area (Å²) in [5, 5.41) is 2.34. The average molecular weight is 306 g/mol. The minimum atomic E-state index is -0.377. The van der Waals surface area contributed by atoms with Crippen molar-refractivity contribution in [2.45, 2.75) is 6.42 Å². The summed E-state index contributed by atoms with van der Waals surface area (Å²) in [7, 11) is 0. The number of benzene rings is 2. The normalized spacial score (nSPS) is 13.8. The third-order valence-electron chi connectivity index (χ3n) is 4.10. The van der Waals surface area contributed by atoms with Crippen LogP contribution in [0.3, 0.4) is 0 Å². The highest BCUT2D eigenvalue weighted by molar-refractivity contribution is 6.00. The van der Waals surface area contributed by atoms with Gasteiger partial charge in [-0.1, -0.05) is 43.0 Å². The molecule has 0 saturated heterocycles. The maximum Gasteiger partial charge on any atom is 0.160 e. The number of halogens is 1. The number of hydrogen-bond donors (Lipinski definition) is 1. The molecule has 4 rings (SSSR count). The first-order valence-corrected chi connectivity index (χ1v) is 7.36. The van der Waals surface area contributed by atoms with E-state index >= 15 is 0 Å². The summed E-state index contributed by atoms with van der Waals surface area (Å²) in [5.74, 6) is 6.44. The molecule has 0 fully saturated rings. The third-order valence-corrected chi connectivity index (χ3v) is 4.10. The van der Waals surface area contributed by atoms with Crippen LogP contribution in [-0.2, 0) is 0 Å². The summed E-state index contributed by atoms with van der Waals surface area (Å²) in [6, 6.07) is 14.2. The number of nitrogens with zero attached hydrogens (tertiary/aromatic N) is 1. The fourth-order valence-corrected chi connectivity index (χ4v) is 2.98. The molecule has 0 amide bonds. The van der Waals surface area contributed by atoms with Gasteiger partial charge in [0, 0.05) is 10.9 Å². The monoisotopic (exact) mass is 306 g/mol. The van der Waals surface area contributed by atoms with Gasteiger partial charge in [0.2, 0.25) is 0 Å². The van der Waals surface area contributed by atoms with E-state index in [-0.39, 0.29) is 5.82 Å². The Morgan fingerprint density at radius 1 is 1.09 bits per heavy atom. The summed E-state index contributed by atoms with van der Waals surface area (Å²) >= 11 is 0. The van der Waals surface area contributed by atoms with Crippen LogP contribution < -0.4 is 10.9 Å². The smallest absolute Gasteiger partial charge is 0.160 e. The van der Waals surface area contributed by atoms with E-state index in [4.69, 9.17) is 10.3 Å². The highest BCUT2D eigenvalue weighted by Gasteiger charge is 2.26. The van der Waals surface area contributed by atoms with Crippen LogP contribution in [0.25, 0.3) is 22.2 Å². The lowest BCUT2D eigenvalue weighted by Gasteiger charge is -2.24. The van der Waals surface area contributed by atoms with Gasteiger partial charge in [0.15, 0.2) is 5.76 Å². The summed E-state index contributed by atoms with van der Waals surface area (Å²) in [6.07, 6.45) is 2.56. The van der Waals surface area contributed by atoms with Crippen LogP contribution in [0.15, 0.2) is 65.6 Å². The number of hydrogen-bond acceptors (Lipinski definition) is 3. The Labute approximate surface area is 133 Å². The number of hydrazine groups is 1. The van der Waals surface area contributed by atoms with E-state index in [0.29, 0.717) is 23.6 Å². The zero-order valence-corrected chi connectivity index (χ0v) is 12.4. The zero-order valence-electron chi connectivity index (χ0n) is 12.4. The molecule has 23 heavy (non-hydrogen) atoms. The molecule has 1 aliphatic carbocycles. The molecule has 4 heteroatoms. The summed E-state index contributed by atoms with van der Waals surface area (Å²) in [5.41, 5.74) is 3.64. The molecule has 0 spiro atoms. The predicted octanol–water partition coefficient (Wildman–Crippen LogP) is 4.71. The first-order valence-electron chi connectivity index (χ1n) is 7.36. The lowest BCUT2D eigenvalue weighted by Crippen LogP contribution is -2.30. The van der Waals surface area contributed by atoms with E-state index in [2.05, 4.69) is 6.58 Å². The predicted molar refractivity (Wildman–Crippen MR) is 90.9 cm³/mol. The zero-order chi connectivity index (χ0) is 16.0. The van der Waals surface area contributed by atoms with Crippen molar-refractivity contribution in [2.24, 2.45) is 5.84 Å². The third kappa shape index (κ3) is 2.07. The molecule has 0 aliphatic heterocycles. The van der Waals surface area contributed by atoms with E-state index in [1.807, 2.05) is 30.3 Å². The van der Waals surface area contributed by atoms with Crippen molar-refractivity contribution in [3.05, 3.63) is 78.3 Å². The fraction of sp³-hybridized carbons (Fsp3) is 0.0526. The van der Waals surface area contributed by atoms with Gasteiger partial charge in [0.25, 0.3) is 0 Å².